The van der Waals surface area contributed by atoms with E-state index in [9.17, 15) is 9.59 Å². The Kier molecular flexibility index (Phi) is 5.42. The zero-order valence-corrected chi connectivity index (χ0v) is 17.5. The zero-order chi connectivity index (χ0) is 20.8. The summed E-state index contributed by atoms with van der Waals surface area (Å²) in [6, 6.07) is 13.8. The minimum atomic E-state index is -0.712. The SMILES string of the molecule is CN1[C@@H]2CC(C(=O)c3cccc(Cl)c3Cl)C[C@@]1(N)CC2OC(=O)c1ccccc1. The maximum absolute atomic E-state index is 13.2. The first-order valence-corrected chi connectivity index (χ1v) is 10.3. The summed E-state index contributed by atoms with van der Waals surface area (Å²) >= 11 is 12.3. The summed E-state index contributed by atoms with van der Waals surface area (Å²) < 4.78 is 5.80. The van der Waals surface area contributed by atoms with Gasteiger partial charge >= 0.3 is 5.97 Å². The number of hydrogen-bond donors (Lipinski definition) is 1. The van der Waals surface area contributed by atoms with Crippen molar-refractivity contribution in [3.63, 3.8) is 0 Å². The van der Waals surface area contributed by atoms with Gasteiger partial charge in [0.2, 0.25) is 0 Å². The molecule has 2 saturated heterocycles. The van der Waals surface area contributed by atoms with E-state index in [1.807, 2.05) is 18.0 Å². The molecule has 2 aromatic carbocycles. The molecule has 4 rings (SSSR count). The van der Waals surface area contributed by atoms with Crippen LogP contribution in [-0.4, -0.2) is 41.5 Å². The van der Waals surface area contributed by atoms with E-state index in [1.54, 1.807) is 42.5 Å². The van der Waals surface area contributed by atoms with Gasteiger partial charge in [0, 0.05) is 23.9 Å². The first-order valence-electron chi connectivity index (χ1n) is 9.56. The molecule has 2 bridgehead atoms. The third kappa shape index (κ3) is 3.68. The number of carbonyl (C=O) groups excluding carboxylic acids is 2. The number of nitrogens with zero attached hydrogens (tertiary/aromatic N) is 1. The minimum Gasteiger partial charge on any atom is -0.457 e. The quantitative estimate of drug-likeness (QED) is 0.579. The highest BCUT2D eigenvalue weighted by molar-refractivity contribution is 6.44. The summed E-state index contributed by atoms with van der Waals surface area (Å²) in [7, 11) is 1.92. The van der Waals surface area contributed by atoms with Crippen molar-refractivity contribution in [1.82, 2.24) is 4.90 Å². The third-order valence-corrected chi connectivity index (χ3v) is 6.98. The standard InChI is InChI=1S/C22H22Cl2N2O3/c1-26-17-10-14(20(27)15-8-5-9-16(23)19(15)24)11-22(26,25)12-18(17)29-21(28)13-6-3-2-4-7-13/h2-9,14,17-18H,10-12,25H2,1H3/t14?,17-,18?,22+/m1/s1. The molecule has 29 heavy (non-hydrogen) atoms. The number of nitrogens with two attached hydrogens (primary N) is 1. The van der Waals surface area contributed by atoms with Gasteiger partial charge in [-0.25, -0.2) is 4.79 Å². The van der Waals surface area contributed by atoms with Gasteiger partial charge in [-0.15, -0.1) is 0 Å². The Morgan fingerprint density at radius 3 is 2.55 bits per heavy atom. The highest BCUT2D eigenvalue weighted by Gasteiger charge is 2.55. The van der Waals surface area contributed by atoms with E-state index in [-0.39, 0.29) is 34.8 Å². The topological polar surface area (TPSA) is 72.6 Å². The average Bonchev–Trinajstić information content (AvgIpc) is 2.84. The lowest BCUT2D eigenvalue weighted by Crippen LogP contribution is -2.57. The van der Waals surface area contributed by atoms with Crippen molar-refractivity contribution >= 4 is 35.0 Å². The normalized spacial score (nSPS) is 28.9. The third-order valence-electron chi connectivity index (χ3n) is 6.17. The summed E-state index contributed by atoms with van der Waals surface area (Å²) in [5.41, 5.74) is 6.85. The van der Waals surface area contributed by atoms with Crippen LogP contribution < -0.4 is 5.73 Å². The van der Waals surface area contributed by atoms with Crippen molar-refractivity contribution in [2.24, 2.45) is 11.7 Å². The number of rotatable bonds is 4. The molecule has 4 atom stereocenters. The van der Waals surface area contributed by atoms with E-state index in [4.69, 9.17) is 33.7 Å². The van der Waals surface area contributed by atoms with Crippen LogP contribution in [0, 0.1) is 5.92 Å². The van der Waals surface area contributed by atoms with Crippen LogP contribution in [0.1, 0.15) is 40.0 Å². The van der Waals surface area contributed by atoms with Crippen LogP contribution in [0.2, 0.25) is 10.0 Å². The maximum atomic E-state index is 13.2. The molecule has 5 nitrogen and oxygen atoms in total. The van der Waals surface area contributed by atoms with Crippen molar-refractivity contribution < 1.29 is 14.3 Å². The number of hydrogen-bond acceptors (Lipinski definition) is 5. The van der Waals surface area contributed by atoms with E-state index in [0.717, 1.165) is 0 Å². The van der Waals surface area contributed by atoms with Crippen LogP contribution in [0.25, 0.3) is 0 Å². The van der Waals surface area contributed by atoms with Gasteiger partial charge in [-0.3, -0.25) is 9.69 Å². The zero-order valence-electron chi connectivity index (χ0n) is 16.0. The number of likely N-dealkylation sites (N-methyl/N-ethyl adjacent to an activating group) is 1. The molecule has 0 amide bonds. The van der Waals surface area contributed by atoms with E-state index >= 15 is 0 Å². The second-order valence-corrected chi connectivity index (χ2v) is 8.68. The van der Waals surface area contributed by atoms with Crippen molar-refractivity contribution in [3.8, 4) is 0 Å². The first-order chi connectivity index (χ1) is 13.8. The van der Waals surface area contributed by atoms with Gasteiger partial charge in [-0.1, -0.05) is 47.5 Å². The van der Waals surface area contributed by atoms with Gasteiger partial charge in [0.1, 0.15) is 6.10 Å². The number of esters is 1. The largest absolute Gasteiger partial charge is 0.457 e. The number of fused-ring (bicyclic) bond motifs is 2. The van der Waals surface area contributed by atoms with Crippen LogP contribution in [0.3, 0.4) is 0 Å². The molecular weight excluding hydrogens is 411 g/mol. The number of ether oxygens (including phenoxy) is 1. The number of halogens is 2. The minimum absolute atomic E-state index is 0.0690. The lowest BCUT2D eigenvalue weighted by Gasteiger charge is -2.42. The summed E-state index contributed by atoms with van der Waals surface area (Å²) in [6.45, 7) is 0. The van der Waals surface area contributed by atoms with Gasteiger partial charge in [0.15, 0.2) is 5.78 Å². The Hall–Kier alpha value is -1.92. The molecule has 0 aromatic heterocycles. The molecule has 2 aromatic rings. The molecule has 2 unspecified atom stereocenters. The van der Waals surface area contributed by atoms with Crippen molar-refractivity contribution in [3.05, 3.63) is 69.7 Å². The number of ketones is 1. The highest BCUT2D eigenvalue weighted by Crippen LogP contribution is 2.45. The van der Waals surface area contributed by atoms with Gasteiger partial charge in [-0.2, -0.15) is 0 Å². The van der Waals surface area contributed by atoms with Crippen LogP contribution in [-0.2, 0) is 4.74 Å². The fourth-order valence-electron chi connectivity index (χ4n) is 4.56. The smallest absolute Gasteiger partial charge is 0.338 e. The number of Topliss-reactive ketones (excluding diaryl/α,β-unsaturated/α-hetero) is 1. The van der Waals surface area contributed by atoms with Crippen LogP contribution >= 0.6 is 23.2 Å². The van der Waals surface area contributed by atoms with Crippen LogP contribution in [0.15, 0.2) is 48.5 Å². The van der Waals surface area contributed by atoms with Crippen LogP contribution in [0.4, 0.5) is 0 Å². The summed E-state index contributed by atoms with van der Waals surface area (Å²) in [5, 5.41) is 0.620. The molecule has 0 aliphatic carbocycles. The summed E-state index contributed by atoms with van der Waals surface area (Å²) in [6.07, 6.45) is 1.13. The van der Waals surface area contributed by atoms with Gasteiger partial charge in [-0.05, 0) is 44.2 Å². The predicted molar refractivity (Wildman–Crippen MR) is 112 cm³/mol. The molecule has 2 N–H and O–H groups in total. The predicted octanol–water partition coefficient (Wildman–Crippen LogP) is 4.17. The lowest BCUT2D eigenvalue weighted by atomic mass is 9.82. The van der Waals surface area contributed by atoms with Crippen LogP contribution in [0.5, 0.6) is 0 Å². The first kappa shape index (κ1) is 20.4. The molecule has 2 aliphatic heterocycles. The van der Waals surface area contributed by atoms with Crippen molar-refractivity contribution in [2.75, 3.05) is 7.05 Å². The van der Waals surface area contributed by atoms with E-state index < -0.39 is 5.66 Å². The fraction of sp³-hybridized carbons (Fsp3) is 0.364. The van der Waals surface area contributed by atoms with Gasteiger partial charge < -0.3 is 10.5 Å². The molecule has 152 valence electrons. The molecule has 2 fully saturated rings. The Morgan fingerprint density at radius 1 is 1.10 bits per heavy atom. The van der Waals surface area contributed by atoms with E-state index in [0.29, 0.717) is 35.4 Å². The van der Waals surface area contributed by atoms with E-state index in [1.165, 1.54) is 0 Å². The Bertz CT molecular complexity index is 952. The van der Waals surface area contributed by atoms with Crippen molar-refractivity contribution in [1.29, 1.82) is 0 Å². The Balaban J connectivity index is 1.54. The molecule has 0 saturated carbocycles. The maximum Gasteiger partial charge on any atom is 0.338 e. The lowest BCUT2D eigenvalue weighted by molar-refractivity contribution is 0.0109. The fourth-order valence-corrected chi connectivity index (χ4v) is 4.95. The number of benzene rings is 2. The van der Waals surface area contributed by atoms with Gasteiger partial charge in [0.25, 0.3) is 0 Å². The summed E-state index contributed by atoms with van der Waals surface area (Å²) in [4.78, 5) is 27.7. The molecule has 2 aliphatic rings. The Labute approximate surface area is 179 Å². The molecule has 0 radical (unpaired) electrons. The number of piperidine rings is 1. The van der Waals surface area contributed by atoms with Crippen molar-refractivity contribution in [2.45, 2.75) is 37.1 Å². The van der Waals surface area contributed by atoms with Gasteiger partial charge in [0.05, 0.1) is 21.3 Å². The monoisotopic (exact) mass is 432 g/mol. The number of carbonyl (C=O) groups is 2. The molecular formula is C22H22Cl2N2O3. The second kappa shape index (κ2) is 7.73. The average molecular weight is 433 g/mol. The molecule has 2 heterocycles. The van der Waals surface area contributed by atoms with E-state index in [2.05, 4.69) is 0 Å². The molecule has 0 spiro atoms. The molecule has 7 heteroatoms. The highest BCUT2D eigenvalue weighted by atomic mass is 35.5. The summed E-state index contributed by atoms with van der Waals surface area (Å²) in [5.74, 6) is -0.751. The second-order valence-electron chi connectivity index (χ2n) is 7.90. The Morgan fingerprint density at radius 2 is 1.83 bits per heavy atom.